The van der Waals surface area contributed by atoms with Crippen LogP contribution in [0.4, 0.5) is 0 Å². The molecule has 2 N–H and O–H groups in total. The van der Waals surface area contributed by atoms with Gasteiger partial charge in [-0.05, 0) is 26.3 Å². The van der Waals surface area contributed by atoms with Gasteiger partial charge in [-0.25, -0.2) is 0 Å². The topological polar surface area (TPSA) is 87.1 Å². The third-order valence-corrected chi connectivity index (χ3v) is 3.64. The van der Waals surface area contributed by atoms with Gasteiger partial charge < -0.3 is 14.9 Å². The highest BCUT2D eigenvalue weighted by atomic mass is 16.5. The van der Waals surface area contributed by atoms with E-state index in [1.807, 2.05) is 11.8 Å². The van der Waals surface area contributed by atoms with Crippen molar-refractivity contribution in [3.63, 3.8) is 0 Å². The molecule has 1 aliphatic rings. The maximum atomic E-state index is 11.1. The zero-order chi connectivity index (χ0) is 13.7. The van der Waals surface area contributed by atoms with Crippen molar-refractivity contribution in [3.05, 3.63) is 0 Å². The van der Waals surface area contributed by atoms with E-state index in [4.69, 9.17) is 14.9 Å². The number of rotatable bonds is 6. The van der Waals surface area contributed by atoms with Crippen molar-refractivity contribution < 1.29 is 24.5 Å². The summed E-state index contributed by atoms with van der Waals surface area (Å²) in [5.41, 5.74) is 0. The predicted molar refractivity (Wildman–Crippen MR) is 64.4 cm³/mol. The Bertz CT molecular complexity index is 307. The Morgan fingerprint density at radius 2 is 1.94 bits per heavy atom. The van der Waals surface area contributed by atoms with Gasteiger partial charge in [0.15, 0.2) is 0 Å². The summed E-state index contributed by atoms with van der Waals surface area (Å²) >= 11 is 0. The second kappa shape index (κ2) is 6.70. The molecule has 0 aromatic heterocycles. The van der Waals surface area contributed by atoms with E-state index in [9.17, 15) is 9.59 Å². The summed E-state index contributed by atoms with van der Waals surface area (Å²) in [7, 11) is 1.63. The summed E-state index contributed by atoms with van der Waals surface area (Å²) < 4.78 is 5.00. The monoisotopic (exact) mass is 259 g/mol. The van der Waals surface area contributed by atoms with Crippen LogP contribution in [-0.4, -0.2) is 59.9 Å². The lowest BCUT2D eigenvalue weighted by atomic mass is 9.85. The van der Waals surface area contributed by atoms with Crippen LogP contribution in [0.2, 0.25) is 0 Å². The lowest BCUT2D eigenvalue weighted by Gasteiger charge is -2.38. The predicted octanol–water partition coefficient (Wildman–Crippen LogP) is 0.519. The fourth-order valence-electron chi connectivity index (χ4n) is 2.39. The Morgan fingerprint density at radius 1 is 1.33 bits per heavy atom. The smallest absolute Gasteiger partial charge is 0.308 e. The summed E-state index contributed by atoms with van der Waals surface area (Å²) in [5, 5.41) is 18.1. The van der Waals surface area contributed by atoms with Crippen LogP contribution in [0.15, 0.2) is 0 Å². The van der Waals surface area contributed by atoms with E-state index in [2.05, 4.69) is 0 Å². The molecule has 1 rings (SSSR count). The molecule has 18 heavy (non-hydrogen) atoms. The van der Waals surface area contributed by atoms with E-state index >= 15 is 0 Å². The van der Waals surface area contributed by atoms with Gasteiger partial charge >= 0.3 is 11.9 Å². The summed E-state index contributed by atoms with van der Waals surface area (Å²) in [6.07, 6.45) is 1.21. The number of hydrogen-bond donors (Lipinski definition) is 2. The number of carbonyl (C=O) groups is 2. The van der Waals surface area contributed by atoms with E-state index < -0.39 is 23.8 Å². The average Bonchev–Trinajstić information content (AvgIpc) is 2.34. The Morgan fingerprint density at radius 3 is 2.44 bits per heavy atom. The van der Waals surface area contributed by atoms with Gasteiger partial charge in [-0.3, -0.25) is 14.5 Å². The van der Waals surface area contributed by atoms with Crippen molar-refractivity contribution in [2.75, 3.05) is 26.8 Å². The van der Waals surface area contributed by atoms with E-state index in [-0.39, 0.29) is 6.04 Å². The van der Waals surface area contributed by atoms with Crippen LogP contribution >= 0.6 is 0 Å². The molecule has 1 heterocycles. The van der Waals surface area contributed by atoms with Crippen LogP contribution in [0.25, 0.3) is 0 Å². The van der Waals surface area contributed by atoms with Crippen molar-refractivity contribution in [3.8, 4) is 0 Å². The van der Waals surface area contributed by atoms with Crippen LogP contribution in [0, 0.1) is 11.8 Å². The first-order valence-corrected chi connectivity index (χ1v) is 6.16. The molecule has 0 spiro atoms. The molecule has 3 atom stereocenters. The van der Waals surface area contributed by atoms with Crippen molar-refractivity contribution in [2.45, 2.75) is 25.8 Å². The number of carboxylic acids is 2. The first kappa shape index (κ1) is 14.9. The number of likely N-dealkylation sites (tertiary alicyclic amines) is 1. The number of carboxylic acid groups (broad SMARTS) is 2. The SMILES string of the molecule is COCCC(C)N1CCC(C(=O)O)C(C(=O)O)C1. The first-order valence-electron chi connectivity index (χ1n) is 6.16. The molecule has 0 radical (unpaired) electrons. The number of aliphatic carboxylic acids is 2. The second-order valence-electron chi connectivity index (χ2n) is 4.80. The minimum absolute atomic E-state index is 0.210. The molecule has 1 fully saturated rings. The molecule has 0 aliphatic carbocycles. The van der Waals surface area contributed by atoms with Gasteiger partial charge in [0.25, 0.3) is 0 Å². The van der Waals surface area contributed by atoms with E-state index in [1.165, 1.54) is 0 Å². The van der Waals surface area contributed by atoms with E-state index in [0.29, 0.717) is 26.1 Å². The summed E-state index contributed by atoms with van der Waals surface area (Å²) in [4.78, 5) is 24.2. The first-order chi connectivity index (χ1) is 8.47. The molecule has 1 aliphatic heterocycles. The average molecular weight is 259 g/mol. The minimum Gasteiger partial charge on any atom is -0.481 e. The van der Waals surface area contributed by atoms with Crippen LogP contribution in [-0.2, 0) is 14.3 Å². The number of piperidine rings is 1. The standard InChI is InChI=1S/C12H21NO5/c1-8(4-6-18-2)13-5-3-9(11(14)15)10(7-13)12(16)17/h8-10H,3-7H2,1-2H3,(H,14,15)(H,16,17). The van der Waals surface area contributed by atoms with Gasteiger partial charge in [0.05, 0.1) is 11.8 Å². The molecular formula is C12H21NO5. The molecule has 0 saturated carbocycles. The fraction of sp³-hybridized carbons (Fsp3) is 0.833. The highest BCUT2D eigenvalue weighted by Gasteiger charge is 2.39. The lowest BCUT2D eigenvalue weighted by molar-refractivity contribution is -0.157. The Labute approximate surface area is 107 Å². The fourth-order valence-corrected chi connectivity index (χ4v) is 2.39. The van der Waals surface area contributed by atoms with E-state index in [0.717, 1.165) is 6.42 Å². The van der Waals surface area contributed by atoms with Gasteiger partial charge in [0.2, 0.25) is 0 Å². The molecule has 0 amide bonds. The van der Waals surface area contributed by atoms with Crippen molar-refractivity contribution in [1.82, 2.24) is 4.90 Å². The summed E-state index contributed by atoms with van der Waals surface area (Å²) in [6.45, 7) is 3.57. The van der Waals surface area contributed by atoms with Crippen LogP contribution in [0.1, 0.15) is 19.8 Å². The van der Waals surface area contributed by atoms with Crippen molar-refractivity contribution in [2.24, 2.45) is 11.8 Å². The van der Waals surface area contributed by atoms with Gasteiger partial charge in [0, 0.05) is 26.3 Å². The molecular weight excluding hydrogens is 238 g/mol. The third-order valence-electron chi connectivity index (χ3n) is 3.64. The Balaban J connectivity index is 2.62. The molecule has 3 unspecified atom stereocenters. The molecule has 1 saturated heterocycles. The third kappa shape index (κ3) is 3.68. The van der Waals surface area contributed by atoms with Crippen LogP contribution in [0.3, 0.4) is 0 Å². The summed E-state index contributed by atoms with van der Waals surface area (Å²) in [6, 6.07) is 0.210. The molecule has 6 nitrogen and oxygen atoms in total. The van der Waals surface area contributed by atoms with E-state index in [1.54, 1.807) is 7.11 Å². The Hall–Kier alpha value is -1.14. The highest BCUT2D eigenvalue weighted by Crippen LogP contribution is 2.26. The molecule has 0 aromatic rings. The molecule has 104 valence electrons. The molecule has 0 aromatic carbocycles. The Kier molecular flexibility index (Phi) is 5.55. The number of hydrogen-bond acceptors (Lipinski definition) is 4. The van der Waals surface area contributed by atoms with Crippen molar-refractivity contribution >= 4 is 11.9 Å². The molecule has 6 heteroatoms. The quantitative estimate of drug-likeness (QED) is 0.723. The molecule has 0 bridgehead atoms. The van der Waals surface area contributed by atoms with Gasteiger partial charge in [-0.1, -0.05) is 0 Å². The lowest BCUT2D eigenvalue weighted by Crippen LogP contribution is -2.49. The number of ether oxygens (including phenoxy) is 1. The largest absolute Gasteiger partial charge is 0.481 e. The number of nitrogens with zero attached hydrogens (tertiary/aromatic N) is 1. The maximum Gasteiger partial charge on any atom is 0.308 e. The maximum absolute atomic E-state index is 11.1. The second-order valence-corrected chi connectivity index (χ2v) is 4.80. The van der Waals surface area contributed by atoms with Crippen LogP contribution in [0.5, 0.6) is 0 Å². The van der Waals surface area contributed by atoms with Crippen LogP contribution < -0.4 is 0 Å². The normalized spacial score (nSPS) is 26.8. The van der Waals surface area contributed by atoms with Gasteiger partial charge in [-0.2, -0.15) is 0 Å². The van der Waals surface area contributed by atoms with Crippen molar-refractivity contribution in [1.29, 1.82) is 0 Å². The number of methoxy groups -OCH3 is 1. The summed E-state index contributed by atoms with van der Waals surface area (Å²) in [5.74, 6) is -3.62. The zero-order valence-corrected chi connectivity index (χ0v) is 10.8. The highest BCUT2D eigenvalue weighted by molar-refractivity contribution is 5.80. The van der Waals surface area contributed by atoms with Gasteiger partial charge in [0.1, 0.15) is 0 Å². The van der Waals surface area contributed by atoms with Gasteiger partial charge in [-0.15, -0.1) is 0 Å². The minimum atomic E-state index is -1.02. The zero-order valence-electron chi connectivity index (χ0n) is 10.8.